The van der Waals surface area contributed by atoms with Gasteiger partial charge in [-0.3, -0.25) is 9.59 Å². The molecule has 2 heterocycles. The van der Waals surface area contributed by atoms with Crippen LogP contribution < -0.4 is 10.9 Å². The van der Waals surface area contributed by atoms with Crippen molar-refractivity contribution in [1.82, 2.24) is 14.8 Å². The summed E-state index contributed by atoms with van der Waals surface area (Å²) < 4.78 is 1.18. The Morgan fingerprint density at radius 2 is 1.90 bits per heavy atom. The number of amides is 1. The van der Waals surface area contributed by atoms with E-state index < -0.39 is 0 Å². The number of fused-ring (bicyclic) bond motifs is 1. The van der Waals surface area contributed by atoms with Crippen molar-refractivity contribution < 1.29 is 4.79 Å². The molecule has 0 atom stereocenters. The van der Waals surface area contributed by atoms with Gasteiger partial charge in [0.1, 0.15) is 6.54 Å². The molecule has 29 heavy (non-hydrogen) atoms. The number of carbonyl (C=O) groups is 1. The van der Waals surface area contributed by atoms with Gasteiger partial charge in [0.2, 0.25) is 5.91 Å². The average Bonchev–Trinajstić information content (AvgIpc) is 3.08. The summed E-state index contributed by atoms with van der Waals surface area (Å²) in [5, 5.41) is 9.93. The minimum absolute atomic E-state index is 0.166. The molecule has 146 valence electrons. The van der Waals surface area contributed by atoms with Gasteiger partial charge in [-0.15, -0.1) is 11.3 Å². The fraction of sp³-hybridized carbons (Fsp3) is 0.182. The molecule has 0 saturated carbocycles. The molecule has 2 aromatic carbocycles. The third kappa shape index (κ3) is 4.09. The lowest BCUT2D eigenvalue weighted by molar-refractivity contribution is -0.117. The van der Waals surface area contributed by atoms with E-state index in [0.717, 1.165) is 33.3 Å². The number of nitrogens with one attached hydrogen (secondary N) is 1. The maximum atomic E-state index is 12.4. The average molecular weight is 404 g/mol. The fourth-order valence-electron chi connectivity index (χ4n) is 3.17. The number of anilines is 1. The Balaban J connectivity index is 1.57. The van der Waals surface area contributed by atoms with Gasteiger partial charge in [0.05, 0.1) is 11.4 Å². The van der Waals surface area contributed by atoms with E-state index in [0.29, 0.717) is 10.8 Å². The van der Waals surface area contributed by atoms with Crippen molar-refractivity contribution in [3.05, 3.63) is 75.5 Å². The van der Waals surface area contributed by atoms with E-state index in [9.17, 15) is 9.59 Å². The van der Waals surface area contributed by atoms with Gasteiger partial charge in [0, 0.05) is 16.5 Å². The van der Waals surface area contributed by atoms with Crippen molar-refractivity contribution in [2.45, 2.75) is 26.8 Å². The van der Waals surface area contributed by atoms with Gasteiger partial charge in [-0.05, 0) is 36.2 Å². The Labute approximate surface area is 171 Å². The lowest BCUT2D eigenvalue weighted by atomic mass is 10.1. The molecule has 0 aliphatic heterocycles. The molecule has 0 saturated heterocycles. The lowest BCUT2D eigenvalue weighted by Gasteiger charge is -2.08. The summed E-state index contributed by atoms with van der Waals surface area (Å²) in [5.41, 5.74) is 2.18. The molecule has 4 aromatic rings. The summed E-state index contributed by atoms with van der Waals surface area (Å²) >= 11 is 1.43. The fourth-order valence-corrected chi connectivity index (χ4v) is 4.09. The largest absolute Gasteiger partial charge is 0.300 e. The van der Waals surface area contributed by atoms with Gasteiger partial charge < -0.3 is 5.32 Å². The number of thiazole rings is 1. The van der Waals surface area contributed by atoms with Crippen LogP contribution in [0.25, 0.3) is 22.0 Å². The highest BCUT2D eigenvalue weighted by Gasteiger charge is 2.12. The first-order valence-corrected chi connectivity index (χ1v) is 10.2. The number of aromatic nitrogens is 3. The summed E-state index contributed by atoms with van der Waals surface area (Å²) in [6.07, 6.45) is 0.813. The standard InChI is InChI=1S/C22H20N4O2S/c1-3-18-14(2)29-22(23-18)24-20(27)13-26-21(28)11-10-19(25-26)17-9-8-15-6-4-5-7-16(15)12-17/h4-12H,3,13H2,1-2H3,(H,23,24,27). The van der Waals surface area contributed by atoms with Crippen LogP contribution in [-0.2, 0) is 17.8 Å². The second-order valence-corrected chi connectivity index (χ2v) is 7.90. The molecule has 0 radical (unpaired) electrons. The number of rotatable bonds is 5. The van der Waals surface area contributed by atoms with Crippen molar-refractivity contribution in [3.8, 4) is 11.3 Å². The number of aryl methyl sites for hydroxylation is 2. The van der Waals surface area contributed by atoms with Crippen LogP contribution >= 0.6 is 11.3 Å². The van der Waals surface area contributed by atoms with Crippen LogP contribution in [0.3, 0.4) is 0 Å². The lowest BCUT2D eigenvalue weighted by Crippen LogP contribution is -2.29. The Kier molecular flexibility index (Phi) is 5.22. The predicted octanol–water partition coefficient (Wildman–Crippen LogP) is 4.03. The van der Waals surface area contributed by atoms with E-state index in [1.807, 2.05) is 56.3 Å². The van der Waals surface area contributed by atoms with Crippen LogP contribution in [-0.4, -0.2) is 20.7 Å². The first-order valence-electron chi connectivity index (χ1n) is 9.37. The van der Waals surface area contributed by atoms with E-state index in [1.54, 1.807) is 6.07 Å². The van der Waals surface area contributed by atoms with Crippen molar-refractivity contribution in [3.63, 3.8) is 0 Å². The molecule has 4 rings (SSSR count). The van der Waals surface area contributed by atoms with Crippen LogP contribution in [0.5, 0.6) is 0 Å². The van der Waals surface area contributed by atoms with E-state index in [2.05, 4.69) is 15.4 Å². The maximum Gasteiger partial charge on any atom is 0.267 e. The third-order valence-electron chi connectivity index (χ3n) is 4.68. The molecular formula is C22H20N4O2S. The van der Waals surface area contributed by atoms with Crippen molar-refractivity contribution in [1.29, 1.82) is 0 Å². The zero-order valence-electron chi connectivity index (χ0n) is 16.2. The van der Waals surface area contributed by atoms with Gasteiger partial charge in [-0.1, -0.05) is 43.3 Å². The number of benzene rings is 2. The molecule has 0 bridgehead atoms. The van der Waals surface area contributed by atoms with E-state index >= 15 is 0 Å². The Hall–Kier alpha value is -3.32. The molecule has 2 aromatic heterocycles. The van der Waals surface area contributed by atoms with Crippen LogP contribution in [0.2, 0.25) is 0 Å². The number of nitrogens with zero attached hydrogens (tertiary/aromatic N) is 3. The van der Waals surface area contributed by atoms with Gasteiger partial charge >= 0.3 is 0 Å². The highest BCUT2D eigenvalue weighted by atomic mass is 32.1. The minimum atomic E-state index is -0.327. The summed E-state index contributed by atoms with van der Waals surface area (Å²) in [6, 6.07) is 17.2. The van der Waals surface area contributed by atoms with Crippen LogP contribution in [0.1, 0.15) is 17.5 Å². The molecule has 0 unspecified atom stereocenters. The maximum absolute atomic E-state index is 12.4. The molecular weight excluding hydrogens is 384 g/mol. The van der Waals surface area contributed by atoms with Gasteiger partial charge in [-0.2, -0.15) is 5.10 Å². The van der Waals surface area contributed by atoms with Crippen LogP contribution in [0, 0.1) is 6.92 Å². The smallest absolute Gasteiger partial charge is 0.267 e. The quantitative estimate of drug-likeness (QED) is 0.545. The first kappa shape index (κ1) is 19.0. The Bertz CT molecular complexity index is 1260. The zero-order valence-corrected chi connectivity index (χ0v) is 17.0. The van der Waals surface area contributed by atoms with E-state index in [4.69, 9.17) is 0 Å². The second-order valence-electron chi connectivity index (χ2n) is 6.70. The zero-order chi connectivity index (χ0) is 20.4. The number of carbonyl (C=O) groups excluding carboxylic acids is 1. The van der Waals surface area contributed by atoms with Crippen molar-refractivity contribution in [2.75, 3.05) is 5.32 Å². The van der Waals surface area contributed by atoms with Crippen LogP contribution in [0.15, 0.2) is 59.4 Å². The molecule has 6 nitrogen and oxygen atoms in total. The molecule has 0 spiro atoms. The van der Waals surface area contributed by atoms with E-state index in [-0.39, 0.29) is 18.0 Å². The van der Waals surface area contributed by atoms with Gasteiger partial charge in [0.25, 0.3) is 5.56 Å². The summed E-state index contributed by atoms with van der Waals surface area (Å²) in [7, 11) is 0. The molecule has 1 amide bonds. The second kappa shape index (κ2) is 7.97. The van der Waals surface area contributed by atoms with Crippen LogP contribution in [0.4, 0.5) is 5.13 Å². The minimum Gasteiger partial charge on any atom is -0.300 e. The summed E-state index contributed by atoms with van der Waals surface area (Å²) in [6.45, 7) is 3.83. The number of hydrogen-bond acceptors (Lipinski definition) is 5. The highest BCUT2D eigenvalue weighted by molar-refractivity contribution is 7.15. The predicted molar refractivity (Wildman–Crippen MR) is 116 cm³/mol. The highest BCUT2D eigenvalue weighted by Crippen LogP contribution is 2.23. The topological polar surface area (TPSA) is 76.9 Å². The van der Waals surface area contributed by atoms with Crippen molar-refractivity contribution >= 4 is 33.1 Å². The molecule has 7 heteroatoms. The SMILES string of the molecule is CCc1nc(NC(=O)Cn2nc(-c3ccc4ccccc4c3)ccc2=O)sc1C. The first-order chi connectivity index (χ1) is 14.0. The van der Waals surface area contributed by atoms with Crippen molar-refractivity contribution in [2.24, 2.45) is 0 Å². The summed E-state index contributed by atoms with van der Waals surface area (Å²) in [5.74, 6) is -0.327. The van der Waals surface area contributed by atoms with Gasteiger partial charge in [-0.25, -0.2) is 9.67 Å². The third-order valence-corrected chi connectivity index (χ3v) is 5.61. The summed E-state index contributed by atoms with van der Waals surface area (Å²) in [4.78, 5) is 30.1. The molecule has 0 fully saturated rings. The molecule has 0 aliphatic rings. The molecule has 1 N–H and O–H groups in total. The Morgan fingerprint density at radius 1 is 1.10 bits per heavy atom. The molecule has 0 aliphatic carbocycles. The number of hydrogen-bond donors (Lipinski definition) is 1. The normalized spacial score (nSPS) is 11.0. The van der Waals surface area contributed by atoms with E-state index in [1.165, 1.54) is 22.1 Å². The monoisotopic (exact) mass is 404 g/mol. The van der Waals surface area contributed by atoms with Gasteiger partial charge in [0.15, 0.2) is 5.13 Å². The Morgan fingerprint density at radius 3 is 2.66 bits per heavy atom.